The monoisotopic (exact) mass is 916 g/mol. The van der Waals surface area contributed by atoms with Crippen molar-refractivity contribution in [3.63, 3.8) is 0 Å². The van der Waals surface area contributed by atoms with E-state index in [4.69, 9.17) is 0 Å². The molecule has 2 heteroatoms. The van der Waals surface area contributed by atoms with Crippen molar-refractivity contribution in [2.75, 3.05) is 4.90 Å². The lowest BCUT2D eigenvalue weighted by molar-refractivity contribution is 1.19. The Kier molecular flexibility index (Phi) is 10.9. The summed E-state index contributed by atoms with van der Waals surface area (Å²) in [6.45, 7) is 0. The van der Waals surface area contributed by atoms with E-state index in [9.17, 15) is 0 Å². The van der Waals surface area contributed by atoms with Crippen molar-refractivity contribution in [1.29, 1.82) is 0 Å². The maximum absolute atomic E-state index is 2.45. The van der Waals surface area contributed by atoms with Crippen LogP contribution in [0.1, 0.15) is 0 Å². The number of nitrogens with zero attached hydrogens (tertiary/aromatic N) is 2. The molecule has 1 heterocycles. The first-order chi connectivity index (χ1) is 35.7. The third-order valence-corrected chi connectivity index (χ3v) is 14.1. The topological polar surface area (TPSA) is 8.17 Å². The van der Waals surface area contributed by atoms with E-state index in [2.05, 4.69) is 301 Å². The Labute approximate surface area is 420 Å². The molecule has 0 fully saturated rings. The molecule has 0 aliphatic carbocycles. The highest BCUT2D eigenvalue weighted by Crippen LogP contribution is 2.45. The summed E-state index contributed by atoms with van der Waals surface area (Å²) < 4.78 is 2.45. The molecule has 0 aliphatic rings. The quantitative estimate of drug-likeness (QED) is 0.133. The molecule has 72 heavy (non-hydrogen) atoms. The average molecular weight is 917 g/mol. The Morgan fingerprint density at radius 2 is 0.694 bits per heavy atom. The van der Waals surface area contributed by atoms with Crippen molar-refractivity contribution in [3.05, 3.63) is 291 Å². The summed E-state index contributed by atoms with van der Waals surface area (Å²) in [5.74, 6) is 0. The van der Waals surface area contributed by atoms with Gasteiger partial charge in [-0.25, -0.2) is 0 Å². The molecule has 338 valence electrons. The van der Waals surface area contributed by atoms with Gasteiger partial charge in [0.2, 0.25) is 0 Å². The predicted octanol–water partition coefficient (Wildman–Crippen LogP) is 19.4. The van der Waals surface area contributed by atoms with E-state index in [1.54, 1.807) is 0 Å². The standard InChI is InChI=1S/C70H48N2/c1-5-20-49(21-6-1)56-44-57(50-22-7-2-8-23-50)46-58(45-56)51-36-40-60(41-37-51)71(61-42-38-53(39-43-61)64-32-16-15-31-63(64)52-24-9-3-10-25-52)62-30-19-27-54(47-62)67-48-55-26-13-14-33-65(55)70-69(67)66-34-17-18-35-68(66)72(70)59-28-11-4-12-29-59/h1-48H. The summed E-state index contributed by atoms with van der Waals surface area (Å²) in [6, 6.07) is 106. The molecule has 1 aromatic heterocycles. The second-order valence-electron chi connectivity index (χ2n) is 18.5. The van der Waals surface area contributed by atoms with Crippen LogP contribution in [0, 0.1) is 0 Å². The van der Waals surface area contributed by atoms with Crippen molar-refractivity contribution in [2.45, 2.75) is 0 Å². The minimum atomic E-state index is 1.07. The number of anilines is 3. The van der Waals surface area contributed by atoms with Crippen LogP contribution >= 0.6 is 0 Å². The third kappa shape index (κ3) is 7.82. The van der Waals surface area contributed by atoms with Gasteiger partial charge in [-0.05, 0) is 151 Å². The molecular formula is C70H48N2. The first kappa shape index (κ1) is 42.6. The molecule has 0 spiro atoms. The molecule has 0 bridgehead atoms. The van der Waals surface area contributed by atoms with Gasteiger partial charge >= 0.3 is 0 Å². The van der Waals surface area contributed by atoms with Crippen LogP contribution in [-0.2, 0) is 0 Å². The maximum atomic E-state index is 2.45. The molecule has 13 rings (SSSR count). The molecule has 0 unspecified atom stereocenters. The fourth-order valence-electron chi connectivity index (χ4n) is 10.8. The van der Waals surface area contributed by atoms with Crippen LogP contribution in [0.15, 0.2) is 291 Å². The average Bonchev–Trinajstić information content (AvgIpc) is 3.82. The van der Waals surface area contributed by atoms with Crippen LogP contribution < -0.4 is 4.90 Å². The highest BCUT2D eigenvalue weighted by Gasteiger charge is 2.21. The summed E-state index contributed by atoms with van der Waals surface area (Å²) in [5.41, 5.74) is 21.0. The van der Waals surface area contributed by atoms with E-state index in [0.717, 1.165) is 33.9 Å². The smallest absolute Gasteiger partial charge is 0.0625 e. The number of fused-ring (bicyclic) bond motifs is 5. The van der Waals surface area contributed by atoms with Crippen LogP contribution in [0.5, 0.6) is 0 Å². The zero-order valence-electron chi connectivity index (χ0n) is 39.6. The van der Waals surface area contributed by atoms with Crippen molar-refractivity contribution in [1.82, 2.24) is 4.57 Å². The lowest BCUT2D eigenvalue weighted by Crippen LogP contribution is -2.10. The molecule has 0 atom stereocenters. The summed E-state index contributed by atoms with van der Waals surface area (Å²) in [4.78, 5) is 2.40. The molecule has 0 amide bonds. The SMILES string of the molecule is c1ccc(-c2cc(-c3ccccc3)cc(-c3ccc(N(c4ccc(-c5ccccc5-c5ccccc5)cc4)c4cccc(-c5cc6ccccc6c6c5c5ccccc5n6-c5ccccc5)c4)cc3)c2)cc1. The Balaban J connectivity index is 0.973. The number of rotatable bonds is 10. The van der Waals surface area contributed by atoms with E-state index in [0.29, 0.717) is 0 Å². The predicted molar refractivity (Wildman–Crippen MR) is 306 cm³/mol. The first-order valence-corrected chi connectivity index (χ1v) is 24.7. The second-order valence-corrected chi connectivity index (χ2v) is 18.5. The molecule has 2 nitrogen and oxygen atoms in total. The molecule has 0 radical (unpaired) electrons. The Hall–Kier alpha value is -9.50. The second kappa shape index (κ2) is 18.4. The highest BCUT2D eigenvalue weighted by atomic mass is 15.1. The van der Waals surface area contributed by atoms with Gasteiger partial charge in [-0.15, -0.1) is 0 Å². The van der Waals surface area contributed by atoms with Gasteiger partial charge in [0.25, 0.3) is 0 Å². The fourth-order valence-corrected chi connectivity index (χ4v) is 10.8. The van der Waals surface area contributed by atoms with Gasteiger partial charge in [0.15, 0.2) is 0 Å². The summed E-state index contributed by atoms with van der Waals surface area (Å²) in [6.07, 6.45) is 0. The molecular weight excluding hydrogens is 869 g/mol. The lowest BCUT2D eigenvalue weighted by atomic mass is 9.93. The van der Waals surface area contributed by atoms with Crippen LogP contribution in [0.2, 0.25) is 0 Å². The fraction of sp³-hybridized carbons (Fsp3) is 0. The summed E-state index contributed by atoms with van der Waals surface area (Å²) >= 11 is 0. The molecule has 0 aliphatic heterocycles. The van der Waals surface area contributed by atoms with E-state index < -0.39 is 0 Å². The van der Waals surface area contributed by atoms with Gasteiger partial charge in [0.1, 0.15) is 0 Å². The van der Waals surface area contributed by atoms with Gasteiger partial charge in [-0.1, -0.05) is 212 Å². The Morgan fingerprint density at radius 1 is 0.250 bits per heavy atom. The summed E-state index contributed by atoms with van der Waals surface area (Å²) in [7, 11) is 0. The minimum Gasteiger partial charge on any atom is -0.310 e. The van der Waals surface area contributed by atoms with Crippen LogP contribution in [0.25, 0.3) is 105 Å². The summed E-state index contributed by atoms with van der Waals surface area (Å²) in [5, 5.41) is 4.91. The molecule has 0 saturated carbocycles. The Morgan fingerprint density at radius 3 is 1.29 bits per heavy atom. The van der Waals surface area contributed by atoms with Crippen molar-refractivity contribution < 1.29 is 0 Å². The normalized spacial score (nSPS) is 11.3. The minimum absolute atomic E-state index is 1.07. The van der Waals surface area contributed by atoms with E-state index in [-0.39, 0.29) is 0 Å². The van der Waals surface area contributed by atoms with Gasteiger partial charge in [-0.3, -0.25) is 0 Å². The van der Waals surface area contributed by atoms with E-state index in [1.807, 2.05) is 0 Å². The lowest BCUT2D eigenvalue weighted by Gasteiger charge is -2.27. The number of hydrogen-bond acceptors (Lipinski definition) is 1. The maximum Gasteiger partial charge on any atom is 0.0625 e. The van der Waals surface area contributed by atoms with Crippen molar-refractivity contribution in [2.24, 2.45) is 0 Å². The van der Waals surface area contributed by atoms with Gasteiger partial charge in [0.05, 0.1) is 11.0 Å². The third-order valence-electron chi connectivity index (χ3n) is 14.1. The number of benzene rings is 12. The van der Waals surface area contributed by atoms with Gasteiger partial charge in [-0.2, -0.15) is 0 Å². The van der Waals surface area contributed by atoms with Crippen molar-refractivity contribution in [3.8, 4) is 72.4 Å². The first-order valence-electron chi connectivity index (χ1n) is 24.7. The molecule has 0 N–H and O–H groups in total. The van der Waals surface area contributed by atoms with Crippen LogP contribution in [0.4, 0.5) is 17.1 Å². The highest BCUT2D eigenvalue weighted by molar-refractivity contribution is 6.24. The molecule has 12 aromatic carbocycles. The van der Waals surface area contributed by atoms with Gasteiger partial charge in [0, 0.05) is 38.9 Å². The van der Waals surface area contributed by atoms with Gasteiger partial charge < -0.3 is 9.47 Å². The van der Waals surface area contributed by atoms with Crippen LogP contribution in [-0.4, -0.2) is 4.57 Å². The largest absolute Gasteiger partial charge is 0.310 e. The van der Waals surface area contributed by atoms with E-state index >= 15 is 0 Å². The van der Waals surface area contributed by atoms with E-state index in [1.165, 1.54) is 88.2 Å². The zero-order chi connectivity index (χ0) is 47.8. The number of hydrogen-bond donors (Lipinski definition) is 0. The molecule has 13 aromatic rings. The van der Waals surface area contributed by atoms with Crippen molar-refractivity contribution >= 4 is 49.6 Å². The molecule has 0 saturated heterocycles. The zero-order valence-corrected chi connectivity index (χ0v) is 39.6. The Bertz CT molecular complexity index is 3990. The van der Waals surface area contributed by atoms with Crippen LogP contribution in [0.3, 0.4) is 0 Å². The number of aromatic nitrogens is 1. The number of para-hydroxylation sites is 2.